The summed E-state index contributed by atoms with van der Waals surface area (Å²) in [7, 11) is -2.87. The van der Waals surface area contributed by atoms with Crippen molar-refractivity contribution < 1.29 is 27.4 Å². The van der Waals surface area contributed by atoms with Crippen LogP contribution in [0.2, 0.25) is 5.02 Å². The highest BCUT2D eigenvalue weighted by atomic mass is 35.5. The fourth-order valence-electron chi connectivity index (χ4n) is 3.06. The standard InChI is InChI=1S/C18H15ClFNO5S/c1-10-13(9-18(22)23)14-8-12(20)4-5-15(14)21(10)27(24,25)17-7-11(19)3-6-16(17)26-2/h3-8H,9H2,1-2H3,(H,22,23). The van der Waals surface area contributed by atoms with Gasteiger partial charge in [-0.15, -0.1) is 0 Å². The van der Waals surface area contributed by atoms with E-state index in [1.165, 1.54) is 38.3 Å². The van der Waals surface area contributed by atoms with Crippen molar-refractivity contribution >= 4 is 38.5 Å². The van der Waals surface area contributed by atoms with Crippen molar-refractivity contribution in [3.05, 3.63) is 58.5 Å². The zero-order valence-electron chi connectivity index (χ0n) is 14.4. The van der Waals surface area contributed by atoms with Gasteiger partial charge in [0, 0.05) is 16.1 Å². The Balaban J connectivity index is 2.39. The maximum absolute atomic E-state index is 13.7. The normalized spacial score (nSPS) is 11.7. The van der Waals surface area contributed by atoms with E-state index in [-0.39, 0.29) is 37.8 Å². The average molecular weight is 412 g/mol. The van der Waals surface area contributed by atoms with Gasteiger partial charge in [-0.05, 0) is 48.9 Å². The molecule has 1 heterocycles. The van der Waals surface area contributed by atoms with Gasteiger partial charge < -0.3 is 9.84 Å². The maximum Gasteiger partial charge on any atom is 0.307 e. The second-order valence-electron chi connectivity index (χ2n) is 5.86. The average Bonchev–Trinajstić information content (AvgIpc) is 2.86. The number of nitrogens with zero attached hydrogens (tertiary/aromatic N) is 1. The summed E-state index contributed by atoms with van der Waals surface area (Å²) in [5.74, 6) is -1.66. The summed E-state index contributed by atoms with van der Waals surface area (Å²) in [6, 6.07) is 7.72. The molecule has 0 bridgehead atoms. The van der Waals surface area contributed by atoms with E-state index in [0.717, 1.165) is 16.1 Å². The van der Waals surface area contributed by atoms with Crippen molar-refractivity contribution in [3.8, 4) is 5.75 Å². The van der Waals surface area contributed by atoms with Crippen LogP contribution in [-0.2, 0) is 21.2 Å². The monoisotopic (exact) mass is 411 g/mol. The number of rotatable bonds is 5. The third-order valence-electron chi connectivity index (χ3n) is 4.22. The van der Waals surface area contributed by atoms with Gasteiger partial charge in [-0.3, -0.25) is 4.79 Å². The summed E-state index contributed by atoms with van der Waals surface area (Å²) in [4.78, 5) is 11.1. The molecule has 6 nitrogen and oxygen atoms in total. The number of carboxylic acids is 1. The number of halogens is 2. The van der Waals surface area contributed by atoms with Gasteiger partial charge >= 0.3 is 5.97 Å². The zero-order chi connectivity index (χ0) is 19.9. The van der Waals surface area contributed by atoms with Crippen molar-refractivity contribution in [2.75, 3.05) is 7.11 Å². The molecule has 1 N–H and O–H groups in total. The van der Waals surface area contributed by atoms with Gasteiger partial charge in [-0.2, -0.15) is 0 Å². The van der Waals surface area contributed by atoms with Crippen molar-refractivity contribution in [1.29, 1.82) is 0 Å². The molecular weight excluding hydrogens is 397 g/mol. The molecule has 0 aliphatic carbocycles. The molecule has 27 heavy (non-hydrogen) atoms. The molecule has 3 aromatic rings. The minimum Gasteiger partial charge on any atom is -0.495 e. The van der Waals surface area contributed by atoms with Gasteiger partial charge in [0.2, 0.25) is 0 Å². The third kappa shape index (κ3) is 3.26. The predicted octanol–water partition coefficient (Wildman–Crippen LogP) is 3.61. The minimum absolute atomic E-state index is 0.0857. The second kappa shape index (κ2) is 6.86. The number of benzene rings is 2. The molecule has 3 rings (SSSR count). The van der Waals surface area contributed by atoms with E-state index in [1.54, 1.807) is 0 Å². The van der Waals surface area contributed by atoms with Gasteiger partial charge in [-0.1, -0.05) is 11.6 Å². The summed E-state index contributed by atoms with van der Waals surface area (Å²) in [5.41, 5.74) is 0.578. The smallest absolute Gasteiger partial charge is 0.307 e. The summed E-state index contributed by atoms with van der Waals surface area (Å²) >= 11 is 5.96. The highest BCUT2D eigenvalue weighted by Crippen LogP contribution is 2.35. The number of methoxy groups -OCH3 is 1. The molecule has 0 unspecified atom stereocenters. The highest BCUT2D eigenvalue weighted by Gasteiger charge is 2.28. The molecular formula is C18H15ClFNO5S. The Morgan fingerprint density at radius 3 is 2.59 bits per heavy atom. The Morgan fingerprint density at radius 1 is 1.26 bits per heavy atom. The maximum atomic E-state index is 13.7. The number of ether oxygens (including phenoxy) is 1. The third-order valence-corrected chi connectivity index (χ3v) is 6.28. The van der Waals surface area contributed by atoms with Crippen LogP contribution >= 0.6 is 11.6 Å². The lowest BCUT2D eigenvalue weighted by Crippen LogP contribution is -2.16. The van der Waals surface area contributed by atoms with Gasteiger partial charge in [0.15, 0.2) is 0 Å². The van der Waals surface area contributed by atoms with Crippen molar-refractivity contribution in [2.24, 2.45) is 0 Å². The lowest BCUT2D eigenvalue weighted by Gasteiger charge is -2.13. The molecule has 0 saturated heterocycles. The Hall–Kier alpha value is -2.58. The van der Waals surface area contributed by atoms with Gasteiger partial charge in [0.25, 0.3) is 10.0 Å². The quantitative estimate of drug-likeness (QED) is 0.693. The first-order valence-electron chi connectivity index (χ1n) is 7.77. The number of carbonyl (C=O) groups is 1. The number of carboxylic acid groups (broad SMARTS) is 1. The van der Waals surface area contributed by atoms with E-state index in [2.05, 4.69) is 0 Å². The van der Waals surface area contributed by atoms with E-state index in [4.69, 9.17) is 16.3 Å². The molecule has 142 valence electrons. The van der Waals surface area contributed by atoms with Gasteiger partial charge in [0.1, 0.15) is 16.5 Å². The molecule has 0 atom stereocenters. The van der Waals surface area contributed by atoms with Crippen LogP contribution in [0.5, 0.6) is 5.75 Å². The van der Waals surface area contributed by atoms with E-state index in [0.29, 0.717) is 0 Å². The van der Waals surface area contributed by atoms with Crippen molar-refractivity contribution in [2.45, 2.75) is 18.2 Å². The summed E-state index contributed by atoms with van der Waals surface area (Å²) in [5, 5.41) is 9.59. The summed E-state index contributed by atoms with van der Waals surface area (Å²) in [6.45, 7) is 1.48. The Labute approximate surface area is 159 Å². The molecule has 1 aromatic heterocycles. The van der Waals surface area contributed by atoms with Crippen LogP contribution in [0.1, 0.15) is 11.3 Å². The largest absolute Gasteiger partial charge is 0.495 e. The molecule has 0 saturated carbocycles. The van der Waals surface area contributed by atoms with Gasteiger partial charge in [0.05, 0.1) is 19.0 Å². The fraction of sp³-hybridized carbons (Fsp3) is 0.167. The molecule has 0 aliphatic rings. The number of hydrogen-bond acceptors (Lipinski definition) is 4. The highest BCUT2D eigenvalue weighted by molar-refractivity contribution is 7.90. The summed E-state index contributed by atoms with van der Waals surface area (Å²) in [6.07, 6.45) is -0.443. The first kappa shape index (κ1) is 19.2. The summed E-state index contributed by atoms with van der Waals surface area (Å²) < 4.78 is 46.6. The molecule has 9 heteroatoms. The van der Waals surface area contributed by atoms with Gasteiger partial charge in [-0.25, -0.2) is 16.8 Å². The molecule has 0 aliphatic heterocycles. The van der Waals surface area contributed by atoms with Crippen LogP contribution in [0, 0.1) is 12.7 Å². The van der Waals surface area contributed by atoms with E-state index in [9.17, 15) is 22.7 Å². The Bertz CT molecular complexity index is 1170. The molecule has 0 amide bonds. The minimum atomic E-state index is -4.20. The van der Waals surface area contributed by atoms with Crippen LogP contribution in [0.15, 0.2) is 41.3 Å². The van der Waals surface area contributed by atoms with E-state index >= 15 is 0 Å². The van der Waals surface area contributed by atoms with E-state index in [1.807, 2.05) is 0 Å². The lowest BCUT2D eigenvalue weighted by atomic mass is 10.1. The fourth-order valence-corrected chi connectivity index (χ4v) is 5.06. The Kier molecular flexibility index (Phi) is 4.88. The first-order valence-corrected chi connectivity index (χ1v) is 9.59. The van der Waals surface area contributed by atoms with Crippen molar-refractivity contribution in [1.82, 2.24) is 3.97 Å². The lowest BCUT2D eigenvalue weighted by molar-refractivity contribution is -0.136. The number of aromatic nitrogens is 1. The number of aliphatic carboxylic acids is 1. The second-order valence-corrected chi connectivity index (χ2v) is 8.05. The topological polar surface area (TPSA) is 85.6 Å². The molecule has 0 fully saturated rings. The Morgan fingerprint density at radius 2 is 1.96 bits per heavy atom. The molecule has 2 aromatic carbocycles. The SMILES string of the molecule is COc1ccc(Cl)cc1S(=O)(=O)n1c(C)c(CC(=O)O)c2cc(F)ccc21. The van der Waals surface area contributed by atoms with Crippen molar-refractivity contribution in [3.63, 3.8) is 0 Å². The number of fused-ring (bicyclic) bond motifs is 1. The number of hydrogen-bond donors (Lipinski definition) is 1. The molecule has 0 radical (unpaired) electrons. The molecule has 0 spiro atoms. The predicted molar refractivity (Wildman–Crippen MR) is 98.6 cm³/mol. The van der Waals surface area contributed by atoms with Crippen LogP contribution in [0.4, 0.5) is 4.39 Å². The van der Waals surface area contributed by atoms with Crippen LogP contribution in [-0.4, -0.2) is 30.6 Å². The zero-order valence-corrected chi connectivity index (χ0v) is 15.9. The van der Waals surface area contributed by atoms with Crippen LogP contribution in [0.25, 0.3) is 10.9 Å². The first-order chi connectivity index (χ1) is 12.7. The van der Waals surface area contributed by atoms with E-state index < -0.39 is 28.2 Å². The van der Waals surface area contributed by atoms with Crippen LogP contribution < -0.4 is 4.74 Å². The van der Waals surface area contributed by atoms with Crippen LogP contribution in [0.3, 0.4) is 0 Å².